The van der Waals surface area contributed by atoms with Gasteiger partial charge in [0.05, 0.1) is 17.8 Å². The van der Waals surface area contributed by atoms with E-state index in [1.165, 1.54) is 18.3 Å². The molecule has 29 heavy (non-hydrogen) atoms. The number of hydrogen-bond acceptors (Lipinski definition) is 5. The van der Waals surface area contributed by atoms with Crippen LogP contribution in [0.3, 0.4) is 0 Å². The molecule has 0 aliphatic rings. The van der Waals surface area contributed by atoms with E-state index in [9.17, 15) is 27.2 Å². The van der Waals surface area contributed by atoms with Crippen LogP contribution in [0.15, 0.2) is 47.5 Å². The summed E-state index contributed by atoms with van der Waals surface area (Å²) in [6.45, 7) is -0.468. The molecule has 0 saturated heterocycles. The second kappa shape index (κ2) is 6.65. The van der Waals surface area contributed by atoms with Crippen molar-refractivity contribution in [1.29, 1.82) is 0 Å². The number of anilines is 1. The highest BCUT2D eigenvalue weighted by molar-refractivity contribution is 5.90. The Balaban J connectivity index is 1.77. The zero-order chi connectivity index (χ0) is 20.8. The number of amides is 1. The van der Waals surface area contributed by atoms with E-state index < -0.39 is 35.7 Å². The predicted molar refractivity (Wildman–Crippen MR) is 92.6 cm³/mol. The fourth-order valence-corrected chi connectivity index (χ4v) is 2.78. The number of carbonyl (C=O) groups is 1. The molecule has 0 unspecified atom stereocenters. The number of fused-ring (bicyclic) bond motifs is 3. The topological polar surface area (TPSA) is 94.2 Å². The van der Waals surface area contributed by atoms with Crippen LogP contribution in [0.5, 0.6) is 0 Å². The Bertz CT molecular complexity index is 1290. The van der Waals surface area contributed by atoms with Gasteiger partial charge in [-0.2, -0.15) is 22.8 Å². The van der Waals surface area contributed by atoms with Crippen molar-refractivity contribution in [2.45, 2.75) is 12.7 Å². The number of hydrogen-bond donors (Lipinski definition) is 1. The van der Waals surface area contributed by atoms with Crippen LogP contribution < -0.4 is 10.9 Å². The Morgan fingerprint density at radius 1 is 1.14 bits per heavy atom. The summed E-state index contributed by atoms with van der Waals surface area (Å²) in [6.07, 6.45) is -2.51. The minimum atomic E-state index is -4.69. The third kappa shape index (κ3) is 3.39. The van der Waals surface area contributed by atoms with Crippen LogP contribution in [0.1, 0.15) is 5.69 Å². The molecule has 1 N–H and O–H groups in total. The van der Waals surface area contributed by atoms with Crippen LogP contribution in [0.25, 0.3) is 16.7 Å². The zero-order valence-corrected chi connectivity index (χ0v) is 14.3. The predicted octanol–water partition coefficient (Wildman–Crippen LogP) is 2.24. The van der Waals surface area contributed by atoms with E-state index in [1.54, 1.807) is 0 Å². The SMILES string of the molecule is O=C(Cn1c(=O)c2ccc(C(F)(F)F)nc2n2nccc12)Nc1ccc(F)cn1. The van der Waals surface area contributed by atoms with Gasteiger partial charge in [0, 0.05) is 6.07 Å². The first-order chi connectivity index (χ1) is 13.7. The fraction of sp³-hybridized carbons (Fsp3) is 0.118. The van der Waals surface area contributed by atoms with Crippen LogP contribution in [0.2, 0.25) is 0 Å². The molecule has 4 rings (SSSR count). The number of carbonyl (C=O) groups excluding carboxylic acids is 1. The Morgan fingerprint density at radius 3 is 2.62 bits per heavy atom. The number of nitrogens with one attached hydrogen (secondary N) is 1. The van der Waals surface area contributed by atoms with Crippen molar-refractivity contribution < 1.29 is 22.4 Å². The molecule has 0 aliphatic carbocycles. The summed E-state index contributed by atoms with van der Waals surface area (Å²) in [4.78, 5) is 32.3. The Kier molecular flexibility index (Phi) is 4.25. The molecule has 0 atom stereocenters. The van der Waals surface area contributed by atoms with Crippen molar-refractivity contribution in [2.24, 2.45) is 0 Å². The molecular formula is C17H10F4N6O2. The zero-order valence-electron chi connectivity index (χ0n) is 14.3. The van der Waals surface area contributed by atoms with Crippen molar-refractivity contribution >= 4 is 28.4 Å². The third-order valence-electron chi connectivity index (χ3n) is 4.04. The normalized spacial score (nSPS) is 11.9. The van der Waals surface area contributed by atoms with Gasteiger partial charge in [-0.25, -0.2) is 14.4 Å². The van der Waals surface area contributed by atoms with E-state index in [1.807, 2.05) is 0 Å². The first-order valence-corrected chi connectivity index (χ1v) is 8.10. The number of nitrogens with zero attached hydrogens (tertiary/aromatic N) is 5. The van der Waals surface area contributed by atoms with Crippen molar-refractivity contribution in [2.75, 3.05) is 5.32 Å². The summed E-state index contributed by atoms with van der Waals surface area (Å²) in [5.74, 6) is -1.15. The number of rotatable bonds is 3. The van der Waals surface area contributed by atoms with Gasteiger partial charge in [0.15, 0.2) is 5.65 Å². The number of halogens is 4. The average Bonchev–Trinajstić information content (AvgIpc) is 3.16. The lowest BCUT2D eigenvalue weighted by Crippen LogP contribution is -2.30. The maximum absolute atomic E-state index is 13.0. The largest absolute Gasteiger partial charge is 0.433 e. The minimum Gasteiger partial charge on any atom is -0.309 e. The molecule has 8 nitrogen and oxygen atoms in total. The van der Waals surface area contributed by atoms with Gasteiger partial charge in [-0.15, -0.1) is 0 Å². The summed E-state index contributed by atoms with van der Waals surface area (Å²) in [7, 11) is 0. The molecule has 12 heteroatoms. The monoisotopic (exact) mass is 406 g/mol. The first-order valence-electron chi connectivity index (χ1n) is 8.10. The van der Waals surface area contributed by atoms with E-state index in [-0.39, 0.29) is 22.5 Å². The molecule has 4 aromatic heterocycles. The molecular weight excluding hydrogens is 396 g/mol. The summed E-state index contributed by atoms with van der Waals surface area (Å²) in [5.41, 5.74) is -2.08. The van der Waals surface area contributed by atoms with Crippen LogP contribution in [0, 0.1) is 5.82 Å². The molecule has 1 amide bonds. The van der Waals surface area contributed by atoms with E-state index >= 15 is 0 Å². The minimum absolute atomic E-state index is 0.0752. The maximum Gasteiger partial charge on any atom is 0.433 e. The third-order valence-corrected chi connectivity index (χ3v) is 4.04. The van der Waals surface area contributed by atoms with Gasteiger partial charge in [0.1, 0.15) is 29.5 Å². The lowest BCUT2D eigenvalue weighted by Gasteiger charge is -2.12. The quantitative estimate of drug-likeness (QED) is 0.527. The van der Waals surface area contributed by atoms with Crippen LogP contribution in [-0.4, -0.2) is 30.1 Å². The van der Waals surface area contributed by atoms with Crippen molar-refractivity contribution in [3.8, 4) is 0 Å². The molecule has 0 aromatic carbocycles. The molecule has 4 aromatic rings. The van der Waals surface area contributed by atoms with E-state index in [2.05, 4.69) is 20.4 Å². The summed E-state index contributed by atoms with van der Waals surface area (Å²) < 4.78 is 53.9. The molecule has 4 heterocycles. The summed E-state index contributed by atoms with van der Waals surface area (Å²) in [5, 5.41) is 6.19. The highest BCUT2D eigenvalue weighted by Gasteiger charge is 2.33. The van der Waals surface area contributed by atoms with Gasteiger partial charge in [-0.1, -0.05) is 0 Å². The molecule has 0 aliphatic heterocycles. The van der Waals surface area contributed by atoms with Gasteiger partial charge in [0.2, 0.25) is 5.91 Å². The summed E-state index contributed by atoms with van der Waals surface area (Å²) >= 11 is 0. The standard InChI is InChI=1S/C17H10F4N6O2/c18-9-1-4-12(22-7-9)25-13(28)8-26-14-5-6-23-27(14)15-10(16(26)29)2-3-11(24-15)17(19,20)21/h1-7H,8H2,(H,22,25,28). The molecule has 0 saturated carbocycles. The Labute approximate surface area is 158 Å². The number of alkyl halides is 3. The Hall–Kier alpha value is -3.83. The van der Waals surface area contributed by atoms with Gasteiger partial charge in [-0.3, -0.25) is 14.2 Å². The van der Waals surface area contributed by atoms with E-state index in [4.69, 9.17) is 0 Å². The van der Waals surface area contributed by atoms with Crippen molar-refractivity contribution in [1.82, 2.24) is 24.1 Å². The molecule has 148 valence electrons. The highest BCUT2D eigenvalue weighted by atomic mass is 19.4. The van der Waals surface area contributed by atoms with Gasteiger partial charge in [0.25, 0.3) is 5.56 Å². The van der Waals surface area contributed by atoms with E-state index in [0.29, 0.717) is 6.07 Å². The first kappa shape index (κ1) is 18.5. The van der Waals surface area contributed by atoms with Crippen molar-refractivity contribution in [3.63, 3.8) is 0 Å². The van der Waals surface area contributed by atoms with Crippen LogP contribution in [0.4, 0.5) is 23.4 Å². The fourth-order valence-electron chi connectivity index (χ4n) is 2.78. The lowest BCUT2D eigenvalue weighted by molar-refractivity contribution is -0.141. The Morgan fingerprint density at radius 2 is 1.93 bits per heavy atom. The number of pyridine rings is 2. The molecule has 0 radical (unpaired) electrons. The lowest BCUT2D eigenvalue weighted by atomic mass is 10.2. The van der Waals surface area contributed by atoms with Gasteiger partial charge in [-0.05, 0) is 24.3 Å². The maximum atomic E-state index is 13.0. The van der Waals surface area contributed by atoms with Crippen molar-refractivity contribution in [3.05, 3.63) is 64.6 Å². The number of aromatic nitrogens is 5. The smallest absolute Gasteiger partial charge is 0.309 e. The second-order valence-electron chi connectivity index (χ2n) is 5.97. The average molecular weight is 406 g/mol. The van der Waals surface area contributed by atoms with Crippen LogP contribution in [-0.2, 0) is 17.5 Å². The molecule has 0 spiro atoms. The summed E-state index contributed by atoms with van der Waals surface area (Å²) in [6, 6.07) is 5.39. The highest BCUT2D eigenvalue weighted by Crippen LogP contribution is 2.28. The molecule has 0 fully saturated rings. The molecule has 0 bridgehead atoms. The van der Waals surface area contributed by atoms with Crippen LogP contribution >= 0.6 is 0 Å². The van der Waals surface area contributed by atoms with Gasteiger partial charge < -0.3 is 5.32 Å². The van der Waals surface area contributed by atoms with E-state index in [0.717, 1.165) is 27.4 Å². The van der Waals surface area contributed by atoms with Gasteiger partial charge >= 0.3 is 6.18 Å². The second-order valence-corrected chi connectivity index (χ2v) is 5.97.